The molecule has 0 atom stereocenters. The number of nitriles is 1. The molecule has 4 heteroatoms. The van der Waals surface area contributed by atoms with E-state index in [1.54, 1.807) is 30.3 Å². The summed E-state index contributed by atoms with van der Waals surface area (Å²) in [6.07, 6.45) is 2.90. The van der Waals surface area contributed by atoms with Crippen molar-refractivity contribution in [2.45, 2.75) is 0 Å². The summed E-state index contributed by atoms with van der Waals surface area (Å²) in [6, 6.07) is 14.5. The standard InChI is InChI=1S/C16H11FN2O/c17-14-6-8-15(9-7-14)19-16(20)10-5-12-3-1-2-4-13(12)11-18/h1-10H,(H,19,20)/b10-5+. The maximum Gasteiger partial charge on any atom is 0.248 e. The molecule has 2 aromatic rings. The number of halogens is 1. The van der Waals surface area contributed by atoms with Crippen LogP contribution in [0.3, 0.4) is 0 Å². The zero-order chi connectivity index (χ0) is 14.4. The molecule has 0 aliphatic carbocycles. The molecule has 0 aliphatic rings. The van der Waals surface area contributed by atoms with Gasteiger partial charge in [-0.2, -0.15) is 5.26 Å². The summed E-state index contributed by atoms with van der Waals surface area (Å²) in [6.45, 7) is 0. The third-order valence-electron chi connectivity index (χ3n) is 2.61. The predicted octanol–water partition coefficient (Wildman–Crippen LogP) is 3.35. The van der Waals surface area contributed by atoms with Crippen LogP contribution in [0.25, 0.3) is 6.08 Å². The number of hydrogen-bond donors (Lipinski definition) is 1. The summed E-state index contributed by atoms with van der Waals surface area (Å²) >= 11 is 0. The van der Waals surface area contributed by atoms with E-state index in [1.807, 2.05) is 0 Å². The van der Waals surface area contributed by atoms with Crippen LogP contribution < -0.4 is 5.32 Å². The molecule has 20 heavy (non-hydrogen) atoms. The Morgan fingerprint density at radius 3 is 2.55 bits per heavy atom. The Bertz CT molecular complexity index is 684. The molecule has 0 spiro atoms. The topological polar surface area (TPSA) is 52.9 Å². The van der Waals surface area contributed by atoms with Gasteiger partial charge in [-0.3, -0.25) is 4.79 Å². The van der Waals surface area contributed by atoms with Crippen LogP contribution in [0.1, 0.15) is 11.1 Å². The highest BCUT2D eigenvalue weighted by Gasteiger charge is 2.00. The number of nitrogens with zero attached hydrogens (tertiary/aromatic N) is 1. The number of amides is 1. The van der Waals surface area contributed by atoms with Gasteiger partial charge >= 0.3 is 0 Å². The van der Waals surface area contributed by atoms with Crippen molar-refractivity contribution in [2.24, 2.45) is 0 Å². The molecule has 3 nitrogen and oxygen atoms in total. The summed E-state index contributed by atoms with van der Waals surface area (Å²) < 4.78 is 12.7. The number of hydrogen-bond acceptors (Lipinski definition) is 2. The van der Waals surface area contributed by atoms with Gasteiger partial charge in [-0.1, -0.05) is 18.2 Å². The zero-order valence-electron chi connectivity index (χ0n) is 10.5. The van der Waals surface area contributed by atoms with Gasteiger partial charge in [-0.05, 0) is 42.0 Å². The van der Waals surface area contributed by atoms with Gasteiger partial charge in [0.1, 0.15) is 5.82 Å². The van der Waals surface area contributed by atoms with E-state index in [2.05, 4.69) is 11.4 Å². The second kappa shape index (κ2) is 6.30. The average Bonchev–Trinajstić information content (AvgIpc) is 2.48. The van der Waals surface area contributed by atoms with Crippen molar-refractivity contribution in [2.75, 3.05) is 5.32 Å². The van der Waals surface area contributed by atoms with Gasteiger partial charge in [-0.25, -0.2) is 4.39 Å². The highest BCUT2D eigenvalue weighted by Crippen LogP contribution is 2.11. The monoisotopic (exact) mass is 266 g/mol. The molecular formula is C16H11FN2O. The number of nitrogens with one attached hydrogen (secondary N) is 1. The lowest BCUT2D eigenvalue weighted by Crippen LogP contribution is -2.07. The van der Waals surface area contributed by atoms with Crippen LogP contribution in [0.15, 0.2) is 54.6 Å². The summed E-state index contributed by atoms with van der Waals surface area (Å²) in [5, 5.41) is 11.5. The zero-order valence-corrected chi connectivity index (χ0v) is 10.5. The molecule has 2 aromatic carbocycles. The van der Waals surface area contributed by atoms with Gasteiger partial charge in [0.15, 0.2) is 0 Å². The van der Waals surface area contributed by atoms with E-state index >= 15 is 0 Å². The van der Waals surface area contributed by atoms with Gasteiger partial charge in [0.2, 0.25) is 5.91 Å². The Morgan fingerprint density at radius 2 is 1.85 bits per heavy atom. The van der Waals surface area contributed by atoms with Crippen LogP contribution in [-0.4, -0.2) is 5.91 Å². The lowest BCUT2D eigenvalue weighted by Gasteiger charge is -2.01. The van der Waals surface area contributed by atoms with Crippen LogP contribution >= 0.6 is 0 Å². The Labute approximate surface area is 116 Å². The van der Waals surface area contributed by atoms with Gasteiger partial charge in [-0.15, -0.1) is 0 Å². The van der Waals surface area contributed by atoms with Crippen molar-refractivity contribution >= 4 is 17.7 Å². The molecule has 0 unspecified atom stereocenters. The molecule has 0 saturated heterocycles. The predicted molar refractivity (Wildman–Crippen MR) is 75.2 cm³/mol. The normalized spacial score (nSPS) is 10.2. The third kappa shape index (κ3) is 3.53. The van der Waals surface area contributed by atoms with Crippen LogP contribution in [0.2, 0.25) is 0 Å². The van der Waals surface area contributed by atoms with Crippen molar-refractivity contribution in [3.63, 3.8) is 0 Å². The van der Waals surface area contributed by atoms with E-state index in [0.717, 1.165) is 0 Å². The molecular weight excluding hydrogens is 255 g/mol. The molecule has 2 rings (SSSR count). The first kappa shape index (κ1) is 13.5. The number of rotatable bonds is 3. The van der Waals surface area contributed by atoms with E-state index < -0.39 is 0 Å². The molecule has 0 saturated carbocycles. The van der Waals surface area contributed by atoms with Gasteiger partial charge in [0.05, 0.1) is 11.6 Å². The minimum absolute atomic E-state index is 0.343. The molecule has 0 aromatic heterocycles. The highest BCUT2D eigenvalue weighted by atomic mass is 19.1. The van der Waals surface area contributed by atoms with E-state index in [9.17, 15) is 9.18 Å². The second-order valence-electron chi connectivity index (χ2n) is 4.03. The molecule has 0 bridgehead atoms. The minimum Gasteiger partial charge on any atom is -0.323 e. The molecule has 1 N–H and O–H groups in total. The van der Waals surface area contributed by atoms with Crippen molar-refractivity contribution < 1.29 is 9.18 Å². The van der Waals surface area contributed by atoms with Crippen molar-refractivity contribution in [1.29, 1.82) is 5.26 Å². The fourth-order valence-electron chi connectivity index (χ4n) is 1.63. The number of carbonyl (C=O) groups is 1. The number of benzene rings is 2. The first-order valence-corrected chi connectivity index (χ1v) is 5.93. The van der Waals surface area contributed by atoms with Crippen molar-refractivity contribution in [3.8, 4) is 6.07 Å². The maximum atomic E-state index is 12.7. The molecule has 0 fully saturated rings. The van der Waals surface area contributed by atoms with E-state index in [-0.39, 0.29) is 11.7 Å². The smallest absolute Gasteiger partial charge is 0.248 e. The van der Waals surface area contributed by atoms with Gasteiger partial charge in [0, 0.05) is 11.8 Å². The minimum atomic E-state index is -0.360. The highest BCUT2D eigenvalue weighted by molar-refractivity contribution is 6.02. The SMILES string of the molecule is N#Cc1ccccc1/C=C/C(=O)Nc1ccc(F)cc1. The largest absolute Gasteiger partial charge is 0.323 e. The lowest BCUT2D eigenvalue weighted by molar-refractivity contribution is -0.111. The number of carbonyl (C=O) groups excluding carboxylic acids is 1. The van der Waals surface area contributed by atoms with Crippen LogP contribution in [0.4, 0.5) is 10.1 Å². The molecule has 0 radical (unpaired) electrons. The second-order valence-corrected chi connectivity index (χ2v) is 4.03. The fraction of sp³-hybridized carbons (Fsp3) is 0. The first-order chi connectivity index (χ1) is 9.69. The fourth-order valence-corrected chi connectivity index (χ4v) is 1.63. The number of anilines is 1. The van der Waals surface area contributed by atoms with Crippen molar-refractivity contribution in [1.82, 2.24) is 0 Å². The Balaban J connectivity index is 2.06. The average molecular weight is 266 g/mol. The van der Waals surface area contributed by atoms with E-state index in [0.29, 0.717) is 16.8 Å². The quantitative estimate of drug-likeness (QED) is 0.866. The Morgan fingerprint density at radius 1 is 1.15 bits per heavy atom. The van der Waals surface area contributed by atoms with E-state index in [4.69, 9.17) is 5.26 Å². The summed E-state index contributed by atoms with van der Waals surface area (Å²) in [5.41, 5.74) is 1.68. The van der Waals surface area contributed by atoms with Crippen molar-refractivity contribution in [3.05, 3.63) is 71.6 Å². The lowest BCUT2D eigenvalue weighted by atomic mass is 10.1. The summed E-state index contributed by atoms with van der Waals surface area (Å²) in [7, 11) is 0. The first-order valence-electron chi connectivity index (χ1n) is 5.93. The van der Waals surface area contributed by atoms with Crippen LogP contribution in [-0.2, 0) is 4.79 Å². The molecule has 0 heterocycles. The molecule has 98 valence electrons. The van der Waals surface area contributed by atoms with Gasteiger partial charge < -0.3 is 5.32 Å². The van der Waals surface area contributed by atoms with Gasteiger partial charge in [0.25, 0.3) is 0 Å². The summed E-state index contributed by atoms with van der Waals surface area (Å²) in [5.74, 6) is -0.703. The molecule has 0 aliphatic heterocycles. The summed E-state index contributed by atoms with van der Waals surface area (Å²) in [4.78, 5) is 11.7. The van der Waals surface area contributed by atoms with E-state index in [1.165, 1.54) is 30.3 Å². The third-order valence-corrected chi connectivity index (χ3v) is 2.61. The van der Waals surface area contributed by atoms with Crippen LogP contribution in [0.5, 0.6) is 0 Å². The maximum absolute atomic E-state index is 12.7. The Hall–Kier alpha value is -2.93. The van der Waals surface area contributed by atoms with Crippen LogP contribution in [0, 0.1) is 17.1 Å². The molecule has 1 amide bonds. The Kier molecular flexibility index (Phi) is 4.25.